The minimum absolute atomic E-state index is 0.132. The number of aromatic nitrogens is 2. The lowest BCUT2D eigenvalue weighted by Gasteiger charge is -2.11. The molecule has 0 saturated heterocycles. The zero-order valence-electron chi connectivity index (χ0n) is 15.3. The molecule has 0 spiro atoms. The van der Waals surface area contributed by atoms with Crippen LogP contribution >= 0.6 is 11.6 Å². The topological polar surface area (TPSA) is 79.5 Å². The first-order valence-corrected chi connectivity index (χ1v) is 8.83. The quantitative estimate of drug-likeness (QED) is 0.507. The summed E-state index contributed by atoms with van der Waals surface area (Å²) in [6, 6.07) is 7.25. The molecule has 144 valence electrons. The molecule has 0 radical (unpaired) electrons. The van der Waals surface area contributed by atoms with Gasteiger partial charge in [0.05, 0.1) is 28.8 Å². The first-order valence-electron chi connectivity index (χ1n) is 8.45. The van der Waals surface area contributed by atoms with Gasteiger partial charge in [0.2, 0.25) is 0 Å². The molecule has 0 aliphatic rings. The Balaban J connectivity index is 2.19. The number of halogens is 2. The van der Waals surface area contributed by atoms with Crippen molar-refractivity contribution in [1.29, 1.82) is 0 Å². The van der Waals surface area contributed by atoms with Gasteiger partial charge in [-0.3, -0.25) is 9.78 Å². The Morgan fingerprint density at radius 2 is 2.14 bits per heavy atom. The van der Waals surface area contributed by atoms with E-state index in [0.717, 1.165) is 4.73 Å². The van der Waals surface area contributed by atoms with Crippen LogP contribution in [0.4, 0.5) is 10.1 Å². The van der Waals surface area contributed by atoms with Gasteiger partial charge < -0.3 is 10.5 Å². The maximum Gasteiger partial charge on any atom is 0.180 e. The molecule has 28 heavy (non-hydrogen) atoms. The summed E-state index contributed by atoms with van der Waals surface area (Å²) in [7, 11) is 1.68. The molecule has 1 aromatic carbocycles. The summed E-state index contributed by atoms with van der Waals surface area (Å²) in [5.74, 6) is -0.683. The number of benzene rings is 1. The van der Waals surface area contributed by atoms with Crippen LogP contribution in [0.25, 0.3) is 11.3 Å². The highest BCUT2D eigenvalue weighted by Crippen LogP contribution is 2.25. The maximum atomic E-state index is 14.3. The van der Waals surface area contributed by atoms with Crippen LogP contribution in [0.15, 0.2) is 53.9 Å². The van der Waals surface area contributed by atoms with Gasteiger partial charge in [0, 0.05) is 29.2 Å². The fourth-order valence-corrected chi connectivity index (χ4v) is 2.90. The second kappa shape index (κ2) is 8.33. The van der Waals surface area contributed by atoms with E-state index >= 15 is 0 Å². The molecule has 0 amide bonds. The van der Waals surface area contributed by atoms with E-state index in [-0.39, 0.29) is 23.6 Å². The molecular weight excluding hydrogens is 383 g/mol. The summed E-state index contributed by atoms with van der Waals surface area (Å²) in [6.07, 6.45) is 4.42. The van der Waals surface area contributed by atoms with Gasteiger partial charge in [-0.25, -0.2) is 9.38 Å². The van der Waals surface area contributed by atoms with Gasteiger partial charge in [-0.2, -0.15) is 4.73 Å². The second-order valence-corrected chi connectivity index (χ2v) is 6.59. The minimum Gasteiger partial charge on any atom is -0.428 e. The van der Waals surface area contributed by atoms with Crippen molar-refractivity contribution in [2.45, 2.75) is 6.92 Å². The van der Waals surface area contributed by atoms with Crippen molar-refractivity contribution < 1.29 is 14.4 Å². The maximum absolute atomic E-state index is 14.3. The van der Waals surface area contributed by atoms with E-state index in [4.69, 9.17) is 11.6 Å². The summed E-state index contributed by atoms with van der Waals surface area (Å²) in [5.41, 5.74) is 1.76. The van der Waals surface area contributed by atoms with Crippen LogP contribution in [0.2, 0.25) is 5.02 Å². The van der Waals surface area contributed by atoms with Crippen LogP contribution in [0.1, 0.15) is 15.9 Å². The molecule has 0 bridgehead atoms. The molecule has 0 saturated carbocycles. The predicted octanol–water partition coefficient (Wildman–Crippen LogP) is 3.52. The molecule has 0 fully saturated rings. The molecule has 3 aromatic rings. The van der Waals surface area contributed by atoms with Crippen molar-refractivity contribution in [3.8, 4) is 11.3 Å². The lowest BCUT2D eigenvalue weighted by molar-refractivity contribution is 0.0994. The molecule has 3 rings (SSSR count). The number of pyridine rings is 2. The Bertz CT molecular complexity index is 1110. The van der Waals surface area contributed by atoms with Gasteiger partial charge >= 0.3 is 0 Å². The Labute approximate surface area is 165 Å². The van der Waals surface area contributed by atoms with E-state index in [1.54, 1.807) is 20.0 Å². The highest BCUT2D eigenvalue weighted by molar-refractivity contribution is 6.30. The zero-order valence-corrected chi connectivity index (χ0v) is 16.0. The monoisotopic (exact) mass is 400 g/mol. The van der Waals surface area contributed by atoms with Crippen LogP contribution in [-0.4, -0.2) is 34.3 Å². The highest BCUT2D eigenvalue weighted by Gasteiger charge is 2.13. The molecule has 0 unspecified atom stereocenters. The van der Waals surface area contributed by atoms with Crippen molar-refractivity contribution in [3.05, 3.63) is 76.2 Å². The fourth-order valence-electron chi connectivity index (χ4n) is 2.73. The van der Waals surface area contributed by atoms with Gasteiger partial charge in [0.1, 0.15) is 5.82 Å². The van der Waals surface area contributed by atoms with E-state index in [1.165, 1.54) is 42.9 Å². The highest BCUT2D eigenvalue weighted by atomic mass is 35.5. The molecule has 0 atom stereocenters. The van der Waals surface area contributed by atoms with Gasteiger partial charge in [0.15, 0.2) is 5.78 Å². The summed E-state index contributed by atoms with van der Waals surface area (Å²) in [4.78, 5) is 20.8. The lowest BCUT2D eigenvalue weighted by Crippen LogP contribution is -2.19. The molecule has 2 N–H and O–H groups in total. The van der Waals surface area contributed by atoms with Crippen LogP contribution in [0.5, 0.6) is 0 Å². The number of hydrogen-bond acceptors (Lipinski definition) is 5. The fraction of sp³-hybridized carbons (Fsp3) is 0.150. The minimum atomic E-state index is -0.532. The third kappa shape index (κ3) is 4.11. The zero-order chi connectivity index (χ0) is 20.3. The van der Waals surface area contributed by atoms with Gasteiger partial charge in [0.25, 0.3) is 0 Å². The summed E-state index contributed by atoms with van der Waals surface area (Å²) < 4.78 is 15.1. The normalized spacial score (nSPS) is 11.6. The summed E-state index contributed by atoms with van der Waals surface area (Å²) >= 11 is 5.97. The van der Waals surface area contributed by atoms with Crippen molar-refractivity contribution >= 4 is 23.1 Å². The molecule has 2 aromatic heterocycles. The van der Waals surface area contributed by atoms with Gasteiger partial charge in [-0.1, -0.05) is 11.6 Å². The van der Waals surface area contributed by atoms with Crippen molar-refractivity contribution in [3.63, 3.8) is 0 Å². The number of hydrogen-bond donors (Lipinski definition) is 2. The number of aryl methyl sites for hydroxylation is 1. The number of carbonyl (C=O) groups excluding carboxylic acids is 1. The Morgan fingerprint density at radius 1 is 1.36 bits per heavy atom. The van der Waals surface area contributed by atoms with E-state index in [0.29, 0.717) is 27.2 Å². The average molecular weight is 401 g/mol. The first kappa shape index (κ1) is 19.7. The van der Waals surface area contributed by atoms with Crippen molar-refractivity contribution in [2.75, 3.05) is 13.6 Å². The molecule has 6 nitrogen and oxygen atoms in total. The third-order valence-corrected chi connectivity index (χ3v) is 4.36. The number of likely N-dealkylation sites (N-methyl/N-ethyl adjacent to an activating group) is 1. The van der Waals surface area contributed by atoms with Crippen LogP contribution in [0, 0.1) is 12.7 Å². The number of nitrogens with zero attached hydrogens (tertiary/aromatic N) is 3. The van der Waals surface area contributed by atoms with Crippen LogP contribution < -0.4 is 10.7 Å². The SMILES string of the molecule is CNCC(=O)c1cnccc1N=c1cc(-c2cc(Cl)ccc2F)n(O)cc1C. The standard InChI is InChI=1S/C20H18ClFN4O2/c1-12-11-26(28)19(14-7-13(21)3-4-16(14)22)8-18(12)25-17-5-6-24-9-15(17)20(27)10-23-2/h3-9,11,23,28H,10H2,1-2H3. The predicted molar refractivity (Wildman–Crippen MR) is 104 cm³/mol. The smallest absolute Gasteiger partial charge is 0.180 e. The van der Waals surface area contributed by atoms with Gasteiger partial charge in [-0.15, -0.1) is 0 Å². The number of nitrogens with one attached hydrogen (secondary N) is 1. The number of Topliss-reactive ketones (excluding diaryl/α,β-unsaturated/α-hetero) is 1. The molecule has 2 heterocycles. The van der Waals surface area contributed by atoms with E-state index < -0.39 is 5.82 Å². The van der Waals surface area contributed by atoms with Crippen molar-refractivity contribution in [2.24, 2.45) is 4.99 Å². The first-order chi connectivity index (χ1) is 13.4. The van der Waals surface area contributed by atoms with E-state index in [9.17, 15) is 14.4 Å². The number of carbonyl (C=O) groups is 1. The Morgan fingerprint density at radius 3 is 2.89 bits per heavy atom. The van der Waals surface area contributed by atoms with E-state index in [1.807, 2.05) is 0 Å². The largest absolute Gasteiger partial charge is 0.428 e. The van der Waals surface area contributed by atoms with Crippen LogP contribution in [-0.2, 0) is 0 Å². The molecule has 8 heteroatoms. The Hall–Kier alpha value is -3.03. The van der Waals surface area contributed by atoms with Crippen molar-refractivity contribution in [1.82, 2.24) is 15.0 Å². The lowest BCUT2D eigenvalue weighted by atomic mass is 10.1. The molecule has 0 aliphatic heterocycles. The molecule has 0 aliphatic carbocycles. The number of ketones is 1. The summed E-state index contributed by atoms with van der Waals surface area (Å²) in [6.45, 7) is 1.90. The summed E-state index contributed by atoms with van der Waals surface area (Å²) in [5, 5.41) is 13.9. The number of rotatable bonds is 5. The van der Waals surface area contributed by atoms with E-state index in [2.05, 4.69) is 15.3 Å². The van der Waals surface area contributed by atoms with Crippen LogP contribution in [0.3, 0.4) is 0 Å². The Kier molecular flexibility index (Phi) is 5.87. The average Bonchev–Trinajstić information content (AvgIpc) is 2.66. The second-order valence-electron chi connectivity index (χ2n) is 6.15. The van der Waals surface area contributed by atoms with Gasteiger partial charge in [-0.05, 0) is 49.9 Å². The molecular formula is C20H18ClFN4O2. The third-order valence-electron chi connectivity index (χ3n) is 4.12.